The smallest absolute Gasteiger partial charge is 0.234 e. The van der Waals surface area contributed by atoms with Crippen molar-refractivity contribution >= 4 is 50.9 Å². The van der Waals surface area contributed by atoms with E-state index in [1.165, 1.54) is 30.3 Å². The summed E-state index contributed by atoms with van der Waals surface area (Å²) in [7, 11) is 1.65. The summed E-state index contributed by atoms with van der Waals surface area (Å²) in [6, 6.07) is 10.2. The third-order valence-electron chi connectivity index (χ3n) is 3.93. The number of anilines is 2. The van der Waals surface area contributed by atoms with E-state index >= 15 is 0 Å². The summed E-state index contributed by atoms with van der Waals surface area (Å²) >= 11 is 4.24. The standard InChI is InChI=1S/C19H16BrF2N5O2S/c1-27-16(9-17(28)23-14-5-3-2-4-12(14)21)25-26-19(27)30-10-18(29)24-15-7-6-11(20)8-13(15)22/h2-8H,9-10H2,1H3,(H,23,28)(H,24,29). The molecular formula is C19H16BrF2N5O2S. The number of nitrogens with one attached hydrogen (secondary N) is 2. The minimum absolute atomic E-state index is 0.0249. The van der Waals surface area contributed by atoms with Gasteiger partial charge in [-0.3, -0.25) is 9.59 Å². The summed E-state index contributed by atoms with van der Waals surface area (Å²) in [6.07, 6.45) is -0.116. The fourth-order valence-electron chi connectivity index (χ4n) is 2.43. The van der Waals surface area contributed by atoms with Crippen LogP contribution in [0.15, 0.2) is 52.1 Å². The molecule has 3 aromatic rings. The minimum Gasteiger partial charge on any atom is -0.323 e. The fraction of sp³-hybridized carbons (Fsp3) is 0.158. The molecule has 0 fully saturated rings. The van der Waals surface area contributed by atoms with E-state index in [0.717, 1.165) is 11.8 Å². The Bertz CT molecular complexity index is 1090. The van der Waals surface area contributed by atoms with Crippen LogP contribution in [0.1, 0.15) is 5.82 Å². The molecule has 0 aliphatic heterocycles. The van der Waals surface area contributed by atoms with Crippen LogP contribution in [0, 0.1) is 11.6 Å². The first-order valence-electron chi connectivity index (χ1n) is 8.64. The average molecular weight is 496 g/mol. The predicted molar refractivity (Wildman–Crippen MR) is 113 cm³/mol. The number of carbonyl (C=O) groups excluding carboxylic acids is 2. The van der Waals surface area contributed by atoms with Crippen molar-refractivity contribution in [3.05, 3.63) is 64.4 Å². The van der Waals surface area contributed by atoms with Crippen molar-refractivity contribution in [1.29, 1.82) is 0 Å². The quantitative estimate of drug-likeness (QED) is 0.487. The minimum atomic E-state index is -0.551. The van der Waals surface area contributed by atoms with Crippen LogP contribution >= 0.6 is 27.7 Å². The number of hydrogen-bond donors (Lipinski definition) is 2. The maximum Gasteiger partial charge on any atom is 0.234 e. The van der Waals surface area contributed by atoms with Crippen LogP contribution in [-0.4, -0.2) is 32.3 Å². The van der Waals surface area contributed by atoms with Crippen molar-refractivity contribution in [3.8, 4) is 0 Å². The van der Waals surface area contributed by atoms with Gasteiger partial charge in [-0.05, 0) is 30.3 Å². The molecule has 2 amide bonds. The Morgan fingerprint density at radius 1 is 1.03 bits per heavy atom. The molecule has 11 heteroatoms. The van der Waals surface area contributed by atoms with Gasteiger partial charge in [-0.2, -0.15) is 0 Å². The van der Waals surface area contributed by atoms with Gasteiger partial charge in [0.25, 0.3) is 0 Å². The lowest BCUT2D eigenvalue weighted by atomic mass is 10.3. The molecule has 0 saturated heterocycles. The number of aromatic nitrogens is 3. The number of benzene rings is 2. The molecule has 156 valence electrons. The number of carbonyl (C=O) groups is 2. The monoisotopic (exact) mass is 495 g/mol. The van der Waals surface area contributed by atoms with Crippen LogP contribution in [0.4, 0.5) is 20.2 Å². The number of nitrogens with zero attached hydrogens (tertiary/aromatic N) is 3. The summed E-state index contributed by atoms with van der Waals surface area (Å²) in [5, 5.41) is 13.3. The maximum absolute atomic E-state index is 13.8. The SMILES string of the molecule is Cn1c(CC(=O)Nc2ccccc2F)nnc1SCC(=O)Nc1ccc(Br)cc1F. The second-order valence-electron chi connectivity index (χ2n) is 6.12. The van der Waals surface area contributed by atoms with Gasteiger partial charge in [0.1, 0.15) is 17.5 Å². The molecule has 3 rings (SSSR count). The highest BCUT2D eigenvalue weighted by atomic mass is 79.9. The van der Waals surface area contributed by atoms with Gasteiger partial charge in [-0.25, -0.2) is 8.78 Å². The molecule has 0 bridgehead atoms. The van der Waals surface area contributed by atoms with Crippen molar-refractivity contribution in [2.24, 2.45) is 7.05 Å². The predicted octanol–water partition coefficient (Wildman–Crippen LogP) is 3.77. The van der Waals surface area contributed by atoms with Gasteiger partial charge in [0, 0.05) is 11.5 Å². The average Bonchev–Trinajstić information content (AvgIpc) is 3.04. The molecule has 0 saturated carbocycles. The Kier molecular flexibility index (Phi) is 7.16. The van der Waals surface area contributed by atoms with Crippen molar-refractivity contribution in [2.45, 2.75) is 11.6 Å². The molecule has 0 radical (unpaired) electrons. The van der Waals surface area contributed by atoms with E-state index in [-0.39, 0.29) is 23.5 Å². The van der Waals surface area contributed by atoms with E-state index in [0.29, 0.717) is 15.5 Å². The van der Waals surface area contributed by atoms with E-state index < -0.39 is 23.4 Å². The van der Waals surface area contributed by atoms with Gasteiger partial charge in [0.15, 0.2) is 5.16 Å². The molecule has 1 aromatic heterocycles. The Morgan fingerprint density at radius 3 is 2.47 bits per heavy atom. The van der Waals surface area contributed by atoms with Crippen LogP contribution in [0.2, 0.25) is 0 Å². The highest BCUT2D eigenvalue weighted by molar-refractivity contribution is 9.10. The van der Waals surface area contributed by atoms with E-state index in [9.17, 15) is 18.4 Å². The summed E-state index contributed by atoms with van der Waals surface area (Å²) in [4.78, 5) is 24.2. The second-order valence-corrected chi connectivity index (χ2v) is 7.98. The number of hydrogen-bond acceptors (Lipinski definition) is 5. The fourth-order valence-corrected chi connectivity index (χ4v) is 3.50. The van der Waals surface area contributed by atoms with E-state index in [1.54, 1.807) is 23.7 Å². The van der Waals surface area contributed by atoms with Gasteiger partial charge in [0.2, 0.25) is 11.8 Å². The molecule has 0 unspecified atom stereocenters. The first-order chi connectivity index (χ1) is 14.3. The maximum atomic E-state index is 13.8. The van der Waals surface area contributed by atoms with Gasteiger partial charge in [0.05, 0.1) is 23.5 Å². The Balaban J connectivity index is 1.55. The molecule has 0 aliphatic rings. The lowest BCUT2D eigenvalue weighted by molar-refractivity contribution is -0.116. The Labute approximate surface area is 183 Å². The lowest BCUT2D eigenvalue weighted by Crippen LogP contribution is -2.18. The largest absolute Gasteiger partial charge is 0.323 e. The third kappa shape index (κ3) is 5.63. The van der Waals surface area contributed by atoms with E-state index in [1.807, 2.05) is 0 Å². The number of amides is 2. The Hall–Kier alpha value is -2.79. The van der Waals surface area contributed by atoms with Gasteiger partial charge < -0.3 is 15.2 Å². The molecule has 7 nitrogen and oxygen atoms in total. The molecule has 30 heavy (non-hydrogen) atoms. The molecule has 0 spiro atoms. The second kappa shape index (κ2) is 9.81. The van der Waals surface area contributed by atoms with E-state index in [2.05, 4.69) is 36.8 Å². The third-order valence-corrected chi connectivity index (χ3v) is 5.44. The number of rotatable bonds is 7. The van der Waals surface area contributed by atoms with Crippen molar-refractivity contribution in [3.63, 3.8) is 0 Å². The first-order valence-corrected chi connectivity index (χ1v) is 10.4. The number of thioether (sulfide) groups is 1. The van der Waals surface area contributed by atoms with Crippen LogP contribution in [0.5, 0.6) is 0 Å². The van der Waals surface area contributed by atoms with Crippen LogP contribution in [0.25, 0.3) is 0 Å². The lowest BCUT2D eigenvalue weighted by Gasteiger charge is -2.07. The van der Waals surface area contributed by atoms with Crippen molar-refractivity contribution < 1.29 is 18.4 Å². The van der Waals surface area contributed by atoms with Crippen LogP contribution in [-0.2, 0) is 23.1 Å². The highest BCUT2D eigenvalue weighted by Gasteiger charge is 2.16. The number of halogens is 3. The molecule has 2 N–H and O–H groups in total. The first kappa shape index (κ1) is 21.9. The molecule has 0 aliphatic carbocycles. The highest BCUT2D eigenvalue weighted by Crippen LogP contribution is 2.21. The van der Waals surface area contributed by atoms with Gasteiger partial charge in [-0.15, -0.1) is 10.2 Å². The molecule has 0 atom stereocenters. The summed E-state index contributed by atoms with van der Waals surface area (Å²) in [5.74, 6) is -1.62. The molecule has 2 aromatic carbocycles. The topological polar surface area (TPSA) is 88.9 Å². The van der Waals surface area contributed by atoms with Crippen molar-refractivity contribution in [1.82, 2.24) is 14.8 Å². The molecular weight excluding hydrogens is 480 g/mol. The van der Waals surface area contributed by atoms with Crippen molar-refractivity contribution in [2.75, 3.05) is 16.4 Å². The van der Waals surface area contributed by atoms with Gasteiger partial charge >= 0.3 is 0 Å². The zero-order valence-corrected chi connectivity index (χ0v) is 18.1. The van der Waals surface area contributed by atoms with E-state index in [4.69, 9.17) is 0 Å². The van der Waals surface area contributed by atoms with Crippen LogP contribution < -0.4 is 10.6 Å². The summed E-state index contributed by atoms with van der Waals surface area (Å²) < 4.78 is 29.6. The van der Waals surface area contributed by atoms with Gasteiger partial charge in [-0.1, -0.05) is 39.8 Å². The normalized spacial score (nSPS) is 10.7. The number of para-hydroxylation sites is 1. The zero-order chi connectivity index (χ0) is 21.7. The summed E-state index contributed by atoms with van der Waals surface area (Å²) in [6.45, 7) is 0. The van der Waals surface area contributed by atoms with Crippen LogP contribution in [0.3, 0.4) is 0 Å². The summed E-state index contributed by atoms with van der Waals surface area (Å²) in [5.41, 5.74) is 0.156. The zero-order valence-electron chi connectivity index (χ0n) is 15.7. The Morgan fingerprint density at radius 2 is 1.73 bits per heavy atom. The molecule has 1 heterocycles.